The molecular formula is C24H24BrN2S+. The zero-order valence-electron chi connectivity index (χ0n) is 16.2. The largest absolute Gasteiger partial charge is 0.335 e. The lowest BCUT2D eigenvalue weighted by Gasteiger charge is -2.17. The molecular weight excluding hydrogens is 428 g/mol. The van der Waals surface area contributed by atoms with Crippen LogP contribution in [0.1, 0.15) is 25.8 Å². The second kappa shape index (κ2) is 8.54. The van der Waals surface area contributed by atoms with E-state index in [0.29, 0.717) is 0 Å². The van der Waals surface area contributed by atoms with Gasteiger partial charge in [-0.25, -0.2) is 0 Å². The van der Waals surface area contributed by atoms with Crippen LogP contribution in [0.3, 0.4) is 0 Å². The van der Waals surface area contributed by atoms with E-state index in [1.807, 2.05) is 11.8 Å². The van der Waals surface area contributed by atoms with Gasteiger partial charge in [-0.3, -0.25) is 0 Å². The zero-order chi connectivity index (χ0) is 19.5. The van der Waals surface area contributed by atoms with E-state index in [2.05, 4.69) is 112 Å². The van der Waals surface area contributed by atoms with Crippen LogP contribution >= 0.6 is 27.7 Å². The van der Waals surface area contributed by atoms with Crippen molar-refractivity contribution in [2.75, 3.05) is 11.4 Å². The highest BCUT2D eigenvalue weighted by Crippen LogP contribution is 2.46. The van der Waals surface area contributed by atoms with E-state index < -0.39 is 0 Å². The maximum absolute atomic E-state index is 3.59. The molecule has 0 amide bonds. The number of allylic oxidation sites excluding steroid dienone is 2. The predicted molar refractivity (Wildman–Crippen MR) is 125 cm³/mol. The molecule has 4 rings (SSSR count). The molecule has 1 aliphatic rings. The summed E-state index contributed by atoms with van der Waals surface area (Å²) in [6, 6.07) is 17.4. The van der Waals surface area contributed by atoms with E-state index in [0.717, 1.165) is 24.0 Å². The number of hydrogen-bond donors (Lipinski definition) is 0. The van der Waals surface area contributed by atoms with Gasteiger partial charge in [-0.1, -0.05) is 58.9 Å². The Hall–Kier alpha value is -2.04. The Labute approximate surface area is 179 Å². The monoisotopic (exact) mass is 451 g/mol. The summed E-state index contributed by atoms with van der Waals surface area (Å²) in [5.41, 5.74) is 3.83. The smallest absolute Gasteiger partial charge is 0.213 e. The van der Waals surface area contributed by atoms with Crippen molar-refractivity contribution >= 4 is 50.4 Å². The Morgan fingerprint density at radius 3 is 2.79 bits per heavy atom. The minimum absolute atomic E-state index is 0.960. The number of anilines is 1. The molecule has 0 atom stereocenters. The highest BCUT2D eigenvalue weighted by Gasteiger charge is 2.23. The van der Waals surface area contributed by atoms with E-state index in [9.17, 15) is 0 Å². The van der Waals surface area contributed by atoms with Crippen molar-refractivity contribution < 1.29 is 4.57 Å². The fourth-order valence-electron chi connectivity index (χ4n) is 3.65. The number of para-hydroxylation sites is 1. The van der Waals surface area contributed by atoms with Gasteiger partial charge in [-0.15, -0.1) is 0 Å². The lowest BCUT2D eigenvalue weighted by atomic mass is 10.1. The van der Waals surface area contributed by atoms with Crippen molar-refractivity contribution in [3.05, 3.63) is 81.9 Å². The first-order valence-corrected chi connectivity index (χ1v) is 11.4. The first-order chi connectivity index (χ1) is 13.7. The molecule has 0 saturated carbocycles. The Bertz CT molecular complexity index is 1070. The number of pyridine rings is 1. The average molecular weight is 452 g/mol. The van der Waals surface area contributed by atoms with Crippen molar-refractivity contribution in [2.24, 2.45) is 0 Å². The molecule has 0 saturated heterocycles. The van der Waals surface area contributed by atoms with Gasteiger partial charge in [0.1, 0.15) is 6.54 Å². The highest BCUT2D eigenvalue weighted by atomic mass is 79.9. The number of nitrogens with zero attached hydrogens (tertiary/aromatic N) is 2. The number of fused-ring (bicyclic) bond motifs is 2. The Morgan fingerprint density at radius 1 is 1.11 bits per heavy atom. The molecule has 28 heavy (non-hydrogen) atoms. The summed E-state index contributed by atoms with van der Waals surface area (Å²) in [4.78, 5) is 3.68. The second-order valence-electron chi connectivity index (χ2n) is 6.80. The van der Waals surface area contributed by atoms with Crippen LogP contribution in [0.4, 0.5) is 5.69 Å². The molecule has 142 valence electrons. The van der Waals surface area contributed by atoms with E-state index >= 15 is 0 Å². The summed E-state index contributed by atoms with van der Waals surface area (Å²) < 4.78 is 3.46. The van der Waals surface area contributed by atoms with E-state index in [-0.39, 0.29) is 0 Å². The molecule has 0 radical (unpaired) electrons. The summed E-state index contributed by atoms with van der Waals surface area (Å²) in [6.07, 6.45) is 9.96. The summed E-state index contributed by atoms with van der Waals surface area (Å²) in [7, 11) is 0. The summed E-state index contributed by atoms with van der Waals surface area (Å²) >= 11 is 5.43. The summed E-state index contributed by atoms with van der Waals surface area (Å²) in [5, 5.41) is 2.57. The highest BCUT2D eigenvalue weighted by molar-refractivity contribution is 9.10. The van der Waals surface area contributed by atoms with Crippen LogP contribution in [0.5, 0.6) is 0 Å². The SMILES string of the molecule is CCC[n+]1ccc(/C=C/C=C2\Sc3ccc(Br)cc3N2CC)c2ccccc21. The van der Waals surface area contributed by atoms with Gasteiger partial charge in [0.15, 0.2) is 6.20 Å². The number of thioether (sulfide) groups is 1. The van der Waals surface area contributed by atoms with Gasteiger partial charge < -0.3 is 4.90 Å². The molecule has 1 aliphatic heterocycles. The van der Waals surface area contributed by atoms with Crippen molar-refractivity contribution in [2.45, 2.75) is 31.7 Å². The van der Waals surface area contributed by atoms with Crippen LogP contribution in [-0.2, 0) is 6.54 Å². The molecule has 0 fully saturated rings. The van der Waals surface area contributed by atoms with Crippen molar-refractivity contribution in [1.29, 1.82) is 0 Å². The van der Waals surface area contributed by atoms with Crippen LogP contribution in [0.2, 0.25) is 0 Å². The van der Waals surface area contributed by atoms with Crippen LogP contribution < -0.4 is 9.47 Å². The Kier molecular flexibility index (Phi) is 5.88. The number of aromatic nitrogens is 1. The zero-order valence-corrected chi connectivity index (χ0v) is 18.6. The molecule has 3 aromatic rings. The van der Waals surface area contributed by atoms with E-state index in [1.54, 1.807) is 0 Å². The van der Waals surface area contributed by atoms with Crippen LogP contribution in [0, 0.1) is 0 Å². The number of hydrogen-bond acceptors (Lipinski definition) is 2. The second-order valence-corrected chi connectivity index (χ2v) is 8.78. The third kappa shape index (κ3) is 3.76. The molecule has 0 spiro atoms. The fourth-order valence-corrected chi connectivity index (χ4v) is 5.12. The van der Waals surface area contributed by atoms with Gasteiger partial charge in [-0.05, 0) is 42.8 Å². The molecule has 0 unspecified atom stereocenters. The summed E-state index contributed by atoms with van der Waals surface area (Å²) in [5.74, 6) is 0. The lowest BCUT2D eigenvalue weighted by Crippen LogP contribution is -2.33. The molecule has 0 bridgehead atoms. The summed E-state index contributed by atoms with van der Waals surface area (Å²) in [6.45, 7) is 6.42. The van der Waals surface area contributed by atoms with Crippen LogP contribution in [0.15, 0.2) is 81.3 Å². The van der Waals surface area contributed by atoms with Crippen molar-refractivity contribution in [1.82, 2.24) is 0 Å². The number of halogens is 1. The van der Waals surface area contributed by atoms with Gasteiger partial charge in [0.05, 0.1) is 16.1 Å². The minimum atomic E-state index is 0.960. The third-order valence-corrected chi connectivity index (χ3v) is 6.57. The quantitative estimate of drug-likeness (QED) is 0.394. The lowest BCUT2D eigenvalue weighted by molar-refractivity contribution is -0.671. The number of rotatable bonds is 5. The van der Waals surface area contributed by atoms with Crippen LogP contribution in [-0.4, -0.2) is 6.54 Å². The topological polar surface area (TPSA) is 7.12 Å². The Morgan fingerprint density at radius 2 is 1.96 bits per heavy atom. The average Bonchev–Trinajstić information content (AvgIpc) is 3.06. The van der Waals surface area contributed by atoms with Gasteiger partial charge in [0, 0.05) is 34.5 Å². The molecule has 2 aromatic carbocycles. The number of benzene rings is 2. The maximum Gasteiger partial charge on any atom is 0.213 e. The molecule has 2 heterocycles. The predicted octanol–water partition coefficient (Wildman–Crippen LogP) is 6.79. The fraction of sp³-hybridized carbons (Fsp3) is 0.208. The van der Waals surface area contributed by atoms with Crippen molar-refractivity contribution in [3.8, 4) is 0 Å². The van der Waals surface area contributed by atoms with Gasteiger partial charge in [0.2, 0.25) is 5.52 Å². The molecule has 0 aliphatic carbocycles. The minimum Gasteiger partial charge on any atom is -0.335 e. The standard InChI is InChI=1S/C24H24BrN2S/c1-3-15-26-16-14-18(20-9-5-6-10-21(20)26)8-7-11-24-27(4-2)22-17-19(25)12-13-23(22)28-24/h5-14,16-17H,3-4,15H2,1-2H3/q+1. The van der Waals surface area contributed by atoms with E-state index in [4.69, 9.17) is 0 Å². The van der Waals surface area contributed by atoms with Gasteiger partial charge in [-0.2, -0.15) is 4.57 Å². The van der Waals surface area contributed by atoms with Gasteiger partial charge >= 0.3 is 0 Å². The molecule has 1 aromatic heterocycles. The molecule has 0 N–H and O–H groups in total. The Balaban J connectivity index is 1.64. The van der Waals surface area contributed by atoms with E-state index in [1.165, 1.54) is 32.1 Å². The van der Waals surface area contributed by atoms with Crippen LogP contribution in [0.25, 0.3) is 17.0 Å². The first kappa shape index (κ1) is 19.3. The molecule has 2 nitrogen and oxygen atoms in total. The third-order valence-electron chi connectivity index (χ3n) is 4.95. The number of aryl methyl sites for hydroxylation is 1. The van der Waals surface area contributed by atoms with Gasteiger partial charge in [0.25, 0.3) is 0 Å². The van der Waals surface area contributed by atoms with Crippen molar-refractivity contribution in [3.63, 3.8) is 0 Å². The maximum atomic E-state index is 3.59. The molecule has 4 heteroatoms. The normalized spacial score (nSPS) is 15.1. The first-order valence-electron chi connectivity index (χ1n) is 9.75.